The average Bonchev–Trinajstić information content (AvgIpc) is 2.83. The standard InChI is InChI=1S/C28H27F3O2/c1-18(20-5-3-2-4-6-20)15-19-7-9-21(10-8-19)22-11-13-23(14-12-22)28(32)33-24-16-25(29)27(31)26(30)17-24/h2-6,11-14,16-19,21H,7-10,15H2,1H3. The van der Waals surface area contributed by atoms with E-state index >= 15 is 0 Å². The van der Waals surface area contributed by atoms with Gasteiger partial charge < -0.3 is 4.74 Å². The van der Waals surface area contributed by atoms with Crippen LogP contribution in [0.15, 0.2) is 66.7 Å². The van der Waals surface area contributed by atoms with E-state index < -0.39 is 23.4 Å². The Morgan fingerprint density at radius 3 is 2.12 bits per heavy atom. The number of carbonyl (C=O) groups excluding carboxylic acids is 1. The largest absolute Gasteiger partial charge is 0.423 e. The first-order valence-corrected chi connectivity index (χ1v) is 11.4. The summed E-state index contributed by atoms with van der Waals surface area (Å²) in [6.45, 7) is 2.30. The molecule has 33 heavy (non-hydrogen) atoms. The quantitative estimate of drug-likeness (QED) is 0.217. The number of esters is 1. The molecule has 0 N–H and O–H groups in total. The van der Waals surface area contributed by atoms with Crippen molar-refractivity contribution >= 4 is 5.97 Å². The van der Waals surface area contributed by atoms with Gasteiger partial charge in [-0.2, -0.15) is 0 Å². The third kappa shape index (κ3) is 5.65. The zero-order chi connectivity index (χ0) is 23.4. The van der Waals surface area contributed by atoms with E-state index in [9.17, 15) is 18.0 Å². The highest BCUT2D eigenvalue weighted by Gasteiger charge is 2.24. The summed E-state index contributed by atoms with van der Waals surface area (Å²) < 4.78 is 44.7. The van der Waals surface area contributed by atoms with Crippen molar-refractivity contribution in [2.75, 3.05) is 0 Å². The van der Waals surface area contributed by atoms with Crippen molar-refractivity contribution in [2.24, 2.45) is 5.92 Å². The van der Waals surface area contributed by atoms with Gasteiger partial charge >= 0.3 is 5.97 Å². The van der Waals surface area contributed by atoms with Crippen molar-refractivity contribution in [2.45, 2.75) is 50.9 Å². The van der Waals surface area contributed by atoms with Crippen LogP contribution in [0.1, 0.15) is 72.3 Å². The van der Waals surface area contributed by atoms with Crippen LogP contribution in [-0.4, -0.2) is 5.97 Å². The third-order valence-corrected chi connectivity index (χ3v) is 6.69. The molecular weight excluding hydrogens is 425 g/mol. The van der Waals surface area contributed by atoms with E-state index in [0.717, 1.165) is 18.8 Å². The Bertz CT molecular complexity index is 1060. The molecule has 0 bridgehead atoms. The van der Waals surface area contributed by atoms with Crippen LogP contribution < -0.4 is 4.74 Å². The monoisotopic (exact) mass is 452 g/mol. The molecule has 1 fully saturated rings. The van der Waals surface area contributed by atoms with Crippen molar-refractivity contribution in [1.82, 2.24) is 0 Å². The summed E-state index contributed by atoms with van der Waals surface area (Å²) >= 11 is 0. The van der Waals surface area contributed by atoms with E-state index in [4.69, 9.17) is 4.74 Å². The minimum atomic E-state index is -1.59. The lowest BCUT2D eigenvalue weighted by molar-refractivity contribution is 0.0733. The molecule has 0 saturated heterocycles. The fourth-order valence-electron chi connectivity index (χ4n) is 4.80. The number of rotatable bonds is 6. The van der Waals surface area contributed by atoms with Gasteiger partial charge in [0.25, 0.3) is 0 Å². The summed E-state index contributed by atoms with van der Waals surface area (Å²) in [4.78, 5) is 12.3. The predicted octanol–water partition coefficient (Wildman–Crippen LogP) is 7.79. The van der Waals surface area contributed by atoms with Gasteiger partial charge in [0, 0.05) is 12.1 Å². The maximum Gasteiger partial charge on any atom is 0.343 e. The van der Waals surface area contributed by atoms with E-state index in [1.807, 2.05) is 12.1 Å². The Labute approximate surface area is 192 Å². The van der Waals surface area contributed by atoms with Crippen LogP contribution in [0.4, 0.5) is 13.2 Å². The zero-order valence-electron chi connectivity index (χ0n) is 18.6. The lowest BCUT2D eigenvalue weighted by Crippen LogP contribution is -2.15. The topological polar surface area (TPSA) is 26.3 Å². The van der Waals surface area contributed by atoms with Crippen LogP contribution in [0.2, 0.25) is 0 Å². The van der Waals surface area contributed by atoms with Crippen LogP contribution in [-0.2, 0) is 0 Å². The molecule has 0 spiro atoms. The summed E-state index contributed by atoms with van der Waals surface area (Å²) in [6.07, 6.45) is 5.81. The third-order valence-electron chi connectivity index (χ3n) is 6.69. The van der Waals surface area contributed by atoms with E-state index in [0.29, 0.717) is 24.0 Å². The van der Waals surface area contributed by atoms with E-state index in [1.54, 1.807) is 12.1 Å². The highest BCUT2D eigenvalue weighted by molar-refractivity contribution is 5.91. The average molecular weight is 453 g/mol. The fourth-order valence-corrected chi connectivity index (χ4v) is 4.80. The molecule has 1 saturated carbocycles. The number of carbonyl (C=O) groups is 1. The van der Waals surface area contributed by atoms with Gasteiger partial charge in [-0.05, 0) is 73.1 Å². The Morgan fingerprint density at radius 2 is 1.52 bits per heavy atom. The van der Waals surface area contributed by atoms with Crippen molar-refractivity contribution in [3.63, 3.8) is 0 Å². The molecule has 1 aliphatic rings. The first-order chi connectivity index (χ1) is 15.9. The molecule has 5 heteroatoms. The fraction of sp³-hybridized carbons (Fsp3) is 0.321. The Kier molecular flexibility index (Phi) is 7.17. The van der Waals surface area contributed by atoms with Gasteiger partial charge in [0.15, 0.2) is 17.5 Å². The zero-order valence-corrected chi connectivity index (χ0v) is 18.6. The van der Waals surface area contributed by atoms with Crippen LogP contribution in [0.5, 0.6) is 5.75 Å². The summed E-state index contributed by atoms with van der Waals surface area (Å²) in [6, 6.07) is 19.1. The molecule has 1 unspecified atom stereocenters. The molecule has 0 radical (unpaired) electrons. The number of halogens is 3. The molecule has 1 atom stereocenters. The van der Waals surface area contributed by atoms with Gasteiger partial charge in [0.05, 0.1) is 5.56 Å². The van der Waals surface area contributed by atoms with E-state index in [1.165, 1.54) is 30.4 Å². The number of hydrogen-bond donors (Lipinski definition) is 0. The number of hydrogen-bond acceptors (Lipinski definition) is 2. The lowest BCUT2D eigenvalue weighted by atomic mass is 9.75. The summed E-state index contributed by atoms with van der Waals surface area (Å²) in [5, 5.41) is 0. The van der Waals surface area contributed by atoms with Gasteiger partial charge in [0.2, 0.25) is 0 Å². The molecule has 4 rings (SSSR count). The normalized spacial score (nSPS) is 19.2. The van der Waals surface area contributed by atoms with Crippen LogP contribution in [0.3, 0.4) is 0 Å². The van der Waals surface area contributed by atoms with Crippen LogP contribution in [0, 0.1) is 23.4 Å². The van der Waals surface area contributed by atoms with Gasteiger partial charge in [-0.25, -0.2) is 18.0 Å². The van der Waals surface area contributed by atoms with Gasteiger partial charge in [-0.3, -0.25) is 0 Å². The van der Waals surface area contributed by atoms with E-state index in [-0.39, 0.29) is 11.3 Å². The smallest absolute Gasteiger partial charge is 0.343 e. The number of benzene rings is 3. The SMILES string of the molecule is CC(CC1CCC(c2ccc(C(=O)Oc3cc(F)c(F)c(F)c3)cc2)CC1)c1ccccc1. The molecule has 1 aliphatic carbocycles. The molecule has 0 aliphatic heterocycles. The van der Waals surface area contributed by atoms with Gasteiger partial charge in [-0.1, -0.05) is 49.4 Å². The molecule has 3 aromatic rings. The molecule has 172 valence electrons. The van der Waals surface area contributed by atoms with Crippen molar-refractivity contribution < 1.29 is 22.7 Å². The molecule has 3 aromatic carbocycles. The minimum absolute atomic E-state index is 0.272. The maximum absolute atomic E-state index is 13.3. The first kappa shape index (κ1) is 23.1. The highest BCUT2D eigenvalue weighted by Crippen LogP contribution is 2.39. The summed E-state index contributed by atoms with van der Waals surface area (Å²) in [7, 11) is 0. The Balaban J connectivity index is 1.31. The predicted molar refractivity (Wildman–Crippen MR) is 122 cm³/mol. The van der Waals surface area contributed by atoms with E-state index in [2.05, 4.69) is 37.3 Å². The maximum atomic E-state index is 13.3. The number of ether oxygens (including phenoxy) is 1. The Morgan fingerprint density at radius 1 is 0.909 bits per heavy atom. The highest BCUT2D eigenvalue weighted by atomic mass is 19.2. The van der Waals surface area contributed by atoms with Crippen LogP contribution >= 0.6 is 0 Å². The Hall–Kier alpha value is -3.08. The van der Waals surface area contributed by atoms with Crippen molar-refractivity contribution in [3.8, 4) is 5.75 Å². The van der Waals surface area contributed by atoms with Crippen molar-refractivity contribution in [3.05, 3.63) is 101 Å². The van der Waals surface area contributed by atoms with Crippen LogP contribution in [0.25, 0.3) is 0 Å². The second kappa shape index (κ2) is 10.2. The molecular formula is C28H27F3O2. The molecule has 0 amide bonds. The molecule has 0 aromatic heterocycles. The minimum Gasteiger partial charge on any atom is -0.423 e. The van der Waals surface area contributed by atoms with Crippen molar-refractivity contribution in [1.29, 1.82) is 0 Å². The molecule has 2 nitrogen and oxygen atoms in total. The first-order valence-electron chi connectivity index (χ1n) is 11.4. The van der Waals surface area contributed by atoms with Gasteiger partial charge in [-0.15, -0.1) is 0 Å². The summed E-state index contributed by atoms with van der Waals surface area (Å²) in [5.41, 5.74) is 2.85. The molecule has 0 heterocycles. The summed E-state index contributed by atoms with van der Waals surface area (Å²) in [5.74, 6) is -3.77. The lowest BCUT2D eigenvalue weighted by Gasteiger charge is -2.30. The second-order valence-electron chi connectivity index (χ2n) is 8.98. The second-order valence-corrected chi connectivity index (χ2v) is 8.98. The van der Waals surface area contributed by atoms with Gasteiger partial charge in [0.1, 0.15) is 5.75 Å².